The Morgan fingerprint density at radius 1 is 1.50 bits per heavy atom. The van der Waals surface area contributed by atoms with E-state index < -0.39 is 5.97 Å². The fourth-order valence-corrected chi connectivity index (χ4v) is 1.04. The van der Waals surface area contributed by atoms with E-state index in [0.717, 1.165) is 6.42 Å². The Morgan fingerprint density at radius 3 is 2.75 bits per heavy atom. The van der Waals surface area contributed by atoms with Crippen molar-refractivity contribution < 1.29 is 9.90 Å². The third-order valence-corrected chi connectivity index (χ3v) is 1.83. The van der Waals surface area contributed by atoms with Gasteiger partial charge in [0.1, 0.15) is 5.69 Å². The molecule has 0 atom stereocenters. The molecule has 1 aromatic rings. The van der Waals surface area contributed by atoms with Gasteiger partial charge in [-0.3, -0.25) is 0 Å². The van der Waals surface area contributed by atoms with E-state index in [-0.39, 0.29) is 11.1 Å². The van der Waals surface area contributed by atoms with Crippen LogP contribution in [0.2, 0.25) is 0 Å². The highest BCUT2D eigenvalue weighted by atomic mass is 16.4. The zero-order chi connectivity index (χ0) is 12.2. The molecule has 0 amide bonds. The number of aromatic carboxylic acids is 1. The van der Waals surface area contributed by atoms with Crippen molar-refractivity contribution in [1.29, 1.82) is 0 Å². The van der Waals surface area contributed by atoms with Gasteiger partial charge in [-0.15, -0.1) is 0 Å². The van der Waals surface area contributed by atoms with Crippen molar-refractivity contribution >= 4 is 5.97 Å². The lowest BCUT2D eigenvalue weighted by molar-refractivity contribution is 0.0690. The van der Waals surface area contributed by atoms with Crippen LogP contribution in [0.25, 0.3) is 0 Å². The Bertz CT molecular complexity index is 447. The third-order valence-electron chi connectivity index (χ3n) is 1.83. The molecule has 0 unspecified atom stereocenters. The van der Waals surface area contributed by atoms with Crippen molar-refractivity contribution in [2.24, 2.45) is 5.41 Å². The van der Waals surface area contributed by atoms with Crippen LogP contribution in [-0.2, 0) is 0 Å². The summed E-state index contributed by atoms with van der Waals surface area (Å²) in [5, 5.41) is 8.75. The molecular formula is C13H15NO2. The zero-order valence-electron chi connectivity index (χ0n) is 9.74. The second-order valence-electron chi connectivity index (χ2n) is 4.77. The number of carboxylic acids is 1. The standard InChI is InChI=1S/C13H15NO2/c1-13(2,3)7-4-5-10-6-8-14-11(9-10)12(15)16/h6,8-9H,7H2,1-3H3,(H,15,16). The highest BCUT2D eigenvalue weighted by Gasteiger charge is 2.07. The van der Waals surface area contributed by atoms with Gasteiger partial charge in [0.05, 0.1) is 0 Å². The number of aromatic nitrogens is 1. The maximum atomic E-state index is 10.7. The minimum Gasteiger partial charge on any atom is -0.477 e. The highest BCUT2D eigenvalue weighted by molar-refractivity contribution is 5.85. The summed E-state index contributed by atoms with van der Waals surface area (Å²) in [5.74, 6) is 4.95. The molecule has 3 heteroatoms. The van der Waals surface area contributed by atoms with Crippen molar-refractivity contribution in [2.75, 3.05) is 0 Å². The molecule has 0 aliphatic heterocycles. The van der Waals surface area contributed by atoms with E-state index in [0.29, 0.717) is 5.56 Å². The van der Waals surface area contributed by atoms with Crippen LogP contribution in [0, 0.1) is 17.3 Å². The topological polar surface area (TPSA) is 50.2 Å². The quantitative estimate of drug-likeness (QED) is 0.735. The summed E-state index contributed by atoms with van der Waals surface area (Å²) >= 11 is 0. The fourth-order valence-electron chi connectivity index (χ4n) is 1.04. The molecule has 1 heterocycles. The Morgan fingerprint density at radius 2 is 2.19 bits per heavy atom. The average molecular weight is 217 g/mol. The molecule has 0 spiro atoms. The monoisotopic (exact) mass is 217 g/mol. The maximum absolute atomic E-state index is 10.7. The van der Waals surface area contributed by atoms with Crippen LogP contribution in [0.1, 0.15) is 43.2 Å². The number of pyridine rings is 1. The second kappa shape index (κ2) is 4.80. The van der Waals surface area contributed by atoms with E-state index in [4.69, 9.17) is 5.11 Å². The summed E-state index contributed by atoms with van der Waals surface area (Å²) in [6.45, 7) is 6.32. The SMILES string of the molecule is CC(C)(C)CC#Cc1ccnc(C(=O)O)c1. The third kappa shape index (κ3) is 4.14. The maximum Gasteiger partial charge on any atom is 0.354 e. The molecule has 1 aromatic heterocycles. The van der Waals surface area contributed by atoms with Gasteiger partial charge in [-0.1, -0.05) is 32.6 Å². The van der Waals surface area contributed by atoms with Gasteiger partial charge in [0.15, 0.2) is 0 Å². The first kappa shape index (κ1) is 12.3. The first-order chi connectivity index (χ1) is 7.38. The first-order valence-corrected chi connectivity index (χ1v) is 5.07. The Kier molecular flexibility index (Phi) is 3.68. The smallest absolute Gasteiger partial charge is 0.354 e. The van der Waals surface area contributed by atoms with Crippen LogP contribution in [0.15, 0.2) is 18.3 Å². The van der Waals surface area contributed by atoms with Gasteiger partial charge in [0.25, 0.3) is 0 Å². The van der Waals surface area contributed by atoms with Gasteiger partial charge < -0.3 is 5.11 Å². The number of nitrogens with zero attached hydrogens (tertiary/aromatic N) is 1. The van der Waals surface area contributed by atoms with Gasteiger partial charge in [0.2, 0.25) is 0 Å². The minimum atomic E-state index is -1.03. The molecular weight excluding hydrogens is 202 g/mol. The van der Waals surface area contributed by atoms with Crippen LogP contribution < -0.4 is 0 Å². The Balaban J connectivity index is 2.82. The summed E-state index contributed by atoms with van der Waals surface area (Å²) in [6, 6.07) is 3.19. The molecule has 0 aliphatic carbocycles. The van der Waals surface area contributed by atoms with E-state index in [1.165, 1.54) is 12.3 Å². The molecule has 0 saturated heterocycles. The van der Waals surface area contributed by atoms with Gasteiger partial charge in [-0.25, -0.2) is 9.78 Å². The molecule has 84 valence electrons. The van der Waals surface area contributed by atoms with Crippen molar-refractivity contribution in [2.45, 2.75) is 27.2 Å². The number of rotatable bonds is 1. The van der Waals surface area contributed by atoms with Gasteiger partial charge in [-0.2, -0.15) is 0 Å². The van der Waals surface area contributed by atoms with Crippen LogP contribution in [-0.4, -0.2) is 16.1 Å². The number of carbonyl (C=O) groups is 1. The van der Waals surface area contributed by atoms with Gasteiger partial charge in [-0.05, 0) is 17.5 Å². The summed E-state index contributed by atoms with van der Waals surface area (Å²) < 4.78 is 0. The van der Waals surface area contributed by atoms with Crippen molar-refractivity contribution in [1.82, 2.24) is 4.98 Å². The number of hydrogen-bond acceptors (Lipinski definition) is 2. The predicted molar refractivity (Wildman–Crippen MR) is 62.1 cm³/mol. The van der Waals surface area contributed by atoms with E-state index in [2.05, 4.69) is 37.6 Å². The van der Waals surface area contributed by atoms with E-state index in [1.807, 2.05) is 0 Å². The normalized spacial score (nSPS) is 10.4. The lowest BCUT2D eigenvalue weighted by atomic mass is 9.93. The second-order valence-corrected chi connectivity index (χ2v) is 4.77. The summed E-state index contributed by atoms with van der Waals surface area (Å²) in [6.07, 6.45) is 2.24. The van der Waals surface area contributed by atoms with E-state index in [1.54, 1.807) is 6.07 Å². The molecule has 1 N–H and O–H groups in total. The van der Waals surface area contributed by atoms with Crippen molar-refractivity contribution in [3.63, 3.8) is 0 Å². The van der Waals surface area contributed by atoms with Crippen LogP contribution in [0.3, 0.4) is 0 Å². The van der Waals surface area contributed by atoms with Crippen LogP contribution in [0.5, 0.6) is 0 Å². The minimum absolute atomic E-state index is 0.0301. The number of carboxylic acid groups (broad SMARTS) is 1. The lowest BCUT2D eigenvalue weighted by Crippen LogP contribution is -2.02. The molecule has 0 fully saturated rings. The zero-order valence-corrected chi connectivity index (χ0v) is 9.74. The molecule has 0 aromatic carbocycles. The fraction of sp³-hybridized carbons (Fsp3) is 0.385. The molecule has 1 rings (SSSR count). The molecule has 0 radical (unpaired) electrons. The number of hydrogen-bond donors (Lipinski definition) is 1. The molecule has 0 aliphatic rings. The lowest BCUT2D eigenvalue weighted by Gasteiger charge is -2.12. The molecule has 16 heavy (non-hydrogen) atoms. The molecule has 3 nitrogen and oxygen atoms in total. The summed E-state index contributed by atoms with van der Waals surface area (Å²) in [4.78, 5) is 14.4. The van der Waals surface area contributed by atoms with Gasteiger partial charge in [0, 0.05) is 18.2 Å². The average Bonchev–Trinajstić information content (AvgIpc) is 2.16. The Hall–Kier alpha value is -1.82. The van der Waals surface area contributed by atoms with Crippen molar-refractivity contribution in [3.8, 4) is 11.8 Å². The largest absolute Gasteiger partial charge is 0.477 e. The molecule has 0 saturated carbocycles. The predicted octanol–water partition coefficient (Wildman–Crippen LogP) is 2.57. The first-order valence-electron chi connectivity index (χ1n) is 5.07. The van der Waals surface area contributed by atoms with Crippen LogP contribution in [0.4, 0.5) is 0 Å². The Labute approximate surface area is 95.5 Å². The highest BCUT2D eigenvalue weighted by Crippen LogP contribution is 2.17. The van der Waals surface area contributed by atoms with Crippen molar-refractivity contribution in [3.05, 3.63) is 29.6 Å². The van der Waals surface area contributed by atoms with E-state index in [9.17, 15) is 4.79 Å². The summed E-state index contributed by atoms with van der Waals surface area (Å²) in [5.41, 5.74) is 0.884. The van der Waals surface area contributed by atoms with Crippen LogP contribution >= 0.6 is 0 Å². The summed E-state index contributed by atoms with van der Waals surface area (Å²) in [7, 11) is 0. The molecule has 0 bridgehead atoms. The van der Waals surface area contributed by atoms with Gasteiger partial charge >= 0.3 is 5.97 Å². The van der Waals surface area contributed by atoms with E-state index >= 15 is 0 Å².